The summed E-state index contributed by atoms with van der Waals surface area (Å²) in [6, 6.07) is 4.27. The molecule has 0 aliphatic carbocycles. The summed E-state index contributed by atoms with van der Waals surface area (Å²) in [5, 5.41) is 15.6. The molecule has 0 saturated heterocycles. The van der Waals surface area contributed by atoms with Crippen molar-refractivity contribution < 1.29 is 0 Å². The number of nitrogens with one attached hydrogen (secondary N) is 1. The molecule has 2 aromatic heterocycles. The predicted molar refractivity (Wildman–Crippen MR) is 65.4 cm³/mol. The van der Waals surface area contributed by atoms with Gasteiger partial charge in [0.25, 0.3) is 0 Å². The normalized spacial score (nSPS) is 12.6. The molecule has 0 aliphatic heterocycles. The number of hydrogen-bond acceptors (Lipinski definition) is 4. The summed E-state index contributed by atoms with van der Waals surface area (Å²) in [5.41, 5.74) is 2.22. The van der Waals surface area contributed by atoms with E-state index in [4.69, 9.17) is 0 Å². The maximum absolute atomic E-state index is 4.40. The number of aryl methyl sites for hydroxylation is 1. The molecule has 0 amide bonds. The van der Waals surface area contributed by atoms with Crippen molar-refractivity contribution in [3.63, 3.8) is 0 Å². The van der Waals surface area contributed by atoms with Gasteiger partial charge in [-0.05, 0) is 24.2 Å². The minimum absolute atomic E-state index is 0.241. The highest BCUT2D eigenvalue weighted by molar-refractivity contribution is 5.15. The first-order valence-electron chi connectivity index (χ1n) is 5.78. The Hall–Kier alpha value is -1.75. The zero-order valence-corrected chi connectivity index (χ0v) is 10.2. The van der Waals surface area contributed by atoms with Gasteiger partial charge in [0, 0.05) is 31.9 Å². The van der Waals surface area contributed by atoms with Crippen molar-refractivity contribution in [3.05, 3.63) is 42.0 Å². The van der Waals surface area contributed by atoms with Gasteiger partial charge < -0.3 is 5.32 Å². The lowest BCUT2D eigenvalue weighted by Gasteiger charge is -2.16. The van der Waals surface area contributed by atoms with E-state index in [0.717, 1.165) is 24.2 Å². The zero-order valence-electron chi connectivity index (χ0n) is 10.2. The lowest BCUT2D eigenvalue weighted by molar-refractivity contribution is 0.537. The molecule has 0 fully saturated rings. The van der Waals surface area contributed by atoms with Gasteiger partial charge >= 0.3 is 0 Å². The van der Waals surface area contributed by atoms with Gasteiger partial charge in [-0.25, -0.2) is 0 Å². The summed E-state index contributed by atoms with van der Waals surface area (Å²) in [6.07, 6.45) is 6.35. The lowest BCUT2D eigenvalue weighted by Crippen LogP contribution is -2.23. The standard InChI is InChI=1S/C12H17N5/c1-3-13-12(10-4-6-14-15-9-10)8-11-5-7-17(2)16-11/h4-7,9,12-13H,3,8H2,1-2H3. The van der Waals surface area contributed by atoms with Gasteiger partial charge in [-0.15, -0.1) is 0 Å². The molecular weight excluding hydrogens is 214 g/mol. The first-order chi connectivity index (χ1) is 8.29. The predicted octanol–water partition coefficient (Wildman–Crippen LogP) is 1.10. The molecule has 1 unspecified atom stereocenters. The Morgan fingerprint density at radius 2 is 2.24 bits per heavy atom. The highest BCUT2D eigenvalue weighted by Gasteiger charge is 2.12. The van der Waals surface area contributed by atoms with E-state index in [1.807, 2.05) is 30.1 Å². The van der Waals surface area contributed by atoms with Crippen molar-refractivity contribution in [2.75, 3.05) is 6.54 Å². The second kappa shape index (κ2) is 5.54. The van der Waals surface area contributed by atoms with Crippen LogP contribution in [-0.4, -0.2) is 26.5 Å². The van der Waals surface area contributed by atoms with Crippen LogP contribution < -0.4 is 5.32 Å². The Balaban J connectivity index is 2.13. The summed E-state index contributed by atoms with van der Waals surface area (Å²) in [4.78, 5) is 0. The Morgan fingerprint density at radius 1 is 1.35 bits per heavy atom. The molecule has 5 heteroatoms. The average Bonchev–Trinajstić information content (AvgIpc) is 2.75. The molecule has 0 spiro atoms. The molecular formula is C12H17N5. The minimum Gasteiger partial charge on any atom is -0.310 e. The number of likely N-dealkylation sites (N-methyl/N-ethyl adjacent to an activating group) is 1. The third kappa shape index (κ3) is 3.10. The summed E-state index contributed by atoms with van der Waals surface area (Å²) in [5.74, 6) is 0. The van der Waals surface area contributed by atoms with Gasteiger partial charge in [0.15, 0.2) is 0 Å². The molecule has 1 atom stereocenters. The Bertz CT molecular complexity index is 451. The number of hydrogen-bond donors (Lipinski definition) is 1. The van der Waals surface area contributed by atoms with E-state index >= 15 is 0 Å². The van der Waals surface area contributed by atoms with Crippen LogP contribution in [0.5, 0.6) is 0 Å². The number of aromatic nitrogens is 4. The number of rotatable bonds is 5. The first kappa shape index (κ1) is 11.7. The SMILES string of the molecule is CCNC(Cc1ccn(C)n1)c1ccnnc1. The van der Waals surface area contributed by atoms with Gasteiger partial charge in [0.2, 0.25) is 0 Å². The van der Waals surface area contributed by atoms with Crippen molar-refractivity contribution in [3.8, 4) is 0 Å². The molecule has 2 aromatic rings. The van der Waals surface area contributed by atoms with Crippen molar-refractivity contribution in [2.24, 2.45) is 7.05 Å². The first-order valence-corrected chi connectivity index (χ1v) is 5.78. The van der Waals surface area contributed by atoms with Crippen molar-refractivity contribution >= 4 is 0 Å². The van der Waals surface area contributed by atoms with Crippen LogP contribution in [0.3, 0.4) is 0 Å². The van der Waals surface area contributed by atoms with Crippen LogP contribution in [0.4, 0.5) is 0 Å². The minimum atomic E-state index is 0.241. The molecule has 2 heterocycles. The summed E-state index contributed by atoms with van der Waals surface area (Å²) >= 11 is 0. The molecule has 2 rings (SSSR count). The lowest BCUT2D eigenvalue weighted by atomic mass is 10.0. The van der Waals surface area contributed by atoms with E-state index < -0.39 is 0 Å². The van der Waals surface area contributed by atoms with Crippen LogP contribution >= 0.6 is 0 Å². The quantitative estimate of drug-likeness (QED) is 0.837. The molecule has 5 nitrogen and oxygen atoms in total. The van der Waals surface area contributed by atoms with E-state index in [1.165, 1.54) is 0 Å². The summed E-state index contributed by atoms with van der Waals surface area (Å²) in [7, 11) is 1.93. The second-order valence-corrected chi connectivity index (χ2v) is 3.97. The van der Waals surface area contributed by atoms with E-state index in [0.29, 0.717) is 0 Å². The van der Waals surface area contributed by atoms with Gasteiger partial charge in [-0.1, -0.05) is 6.92 Å². The summed E-state index contributed by atoms with van der Waals surface area (Å²) in [6.45, 7) is 3.01. The average molecular weight is 231 g/mol. The smallest absolute Gasteiger partial charge is 0.0643 e. The van der Waals surface area contributed by atoms with Gasteiger partial charge in [0.1, 0.15) is 0 Å². The molecule has 0 saturated carbocycles. The zero-order chi connectivity index (χ0) is 12.1. The fourth-order valence-corrected chi connectivity index (χ4v) is 1.84. The Morgan fingerprint density at radius 3 is 2.82 bits per heavy atom. The van der Waals surface area contributed by atoms with E-state index in [-0.39, 0.29) is 6.04 Å². The Kier molecular flexibility index (Phi) is 3.82. The largest absolute Gasteiger partial charge is 0.310 e. The maximum atomic E-state index is 4.40. The van der Waals surface area contributed by atoms with Crippen LogP contribution in [0.2, 0.25) is 0 Å². The molecule has 0 aliphatic rings. The molecule has 90 valence electrons. The van der Waals surface area contributed by atoms with Crippen molar-refractivity contribution in [2.45, 2.75) is 19.4 Å². The molecule has 0 bridgehead atoms. The van der Waals surface area contributed by atoms with Gasteiger partial charge in [0.05, 0.1) is 11.9 Å². The molecule has 0 aromatic carbocycles. The van der Waals surface area contributed by atoms with E-state index in [2.05, 4.69) is 27.5 Å². The topological polar surface area (TPSA) is 55.6 Å². The van der Waals surface area contributed by atoms with Crippen molar-refractivity contribution in [1.29, 1.82) is 0 Å². The van der Waals surface area contributed by atoms with Crippen LogP contribution in [0.25, 0.3) is 0 Å². The highest BCUT2D eigenvalue weighted by atomic mass is 15.2. The van der Waals surface area contributed by atoms with Gasteiger partial charge in [-0.2, -0.15) is 15.3 Å². The number of nitrogens with zero attached hydrogens (tertiary/aromatic N) is 4. The fourth-order valence-electron chi connectivity index (χ4n) is 1.84. The van der Waals surface area contributed by atoms with E-state index in [9.17, 15) is 0 Å². The van der Waals surface area contributed by atoms with E-state index in [1.54, 1.807) is 12.4 Å². The third-order valence-corrected chi connectivity index (χ3v) is 2.64. The maximum Gasteiger partial charge on any atom is 0.0643 e. The fraction of sp³-hybridized carbons (Fsp3) is 0.417. The third-order valence-electron chi connectivity index (χ3n) is 2.64. The summed E-state index contributed by atoms with van der Waals surface area (Å²) < 4.78 is 1.82. The van der Waals surface area contributed by atoms with Crippen LogP contribution in [0.15, 0.2) is 30.7 Å². The monoisotopic (exact) mass is 231 g/mol. The molecule has 0 radical (unpaired) electrons. The highest BCUT2D eigenvalue weighted by Crippen LogP contribution is 2.15. The molecule has 1 N–H and O–H groups in total. The van der Waals surface area contributed by atoms with Crippen molar-refractivity contribution in [1.82, 2.24) is 25.3 Å². The second-order valence-electron chi connectivity index (χ2n) is 3.97. The molecule has 17 heavy (non-hydrogen) atoms. The van der Waals surface area contributed by atoms with Crippen LogP contribution in [0.1, 0.15) is 24.2 Å². The Labute approximate surface area is 101 Å². The van der Waals surface area contributed by atoms with Crippen LogP contribution in [-0.2, 0) is 13.5 Å². The van der Waals surface area contributed by atoms with Gasteiger partial charge in [-0.3, -0.25) is 4.68 Å². The van der Waals surface area contributed by atoms with Crippen LogP contribution in [0, 0.1) is 0 Å².